The fraction of sp³-hybridized carbons (Fsp3) is 0. The molecule has 0 radical (unpaired) electrons. The van der Waals surface area contributed by atoms with Crippen molar-refractivity contribution in [3.8, 4) is 5.75 Å². The SMILES string of the molecule is Oc1ccc2ccccc2c1.[K+]. The number of benzene rings is 2. The molecule has 0 saturated carbocycles. The first-order chi connectivity index (χ1) is 5.36. The topological polar surface area (TPSA) is 20.2 Å². The molecule has 0 heterocycles. The van der Waals surface area contributed by atoms with Crippen LogP contribution in [0, 0.1) is 0 Å². The van der Waals surface area contributed by atoms with Crippen LogP contribution in [0.15, 0.2) is 42.5 Å². The molecule has 12 heavy (non-hydrogen) atoms. The zero-order valence-corrected chi connectivity index (χ0v) is 10.1. The summed E-state index contributed by atoms with van der Waals surface area (Å²) in [4.78, 5) is 0. The minimum Gasteiger partial charge on any atom is -0.508 e. The smallest absolute Gasteiger partial charge is 0.508 e. The molecular formula is C10H8KO+. The molecule has 54 valence electrons. The molecule has 0 spiro atoms. The van der Waals surface area contributed by atoms with Gasteiger partial charge in [-0.15, -0.1) is 0 Å². The first-order valence-electron chi connectivity index (χ1n) is 3.54. The van der Waals surface area contributed by atoms with Crippen molar-refractivity contribution in [3.63, 3.8) is 0 Å². The second-order valence-corrected chi connectivity index (χ2v) is 2.53. The van der Waals surface area contributed by atoms with Gasteiger partial charge in [0.1, 0.15) is 5.75 Å². The summed E-state index contributed by atoms with van der Waals surface area (Å²) in [5.41, 5.74) is 0. The minimum absolute atomic E-state index is 0. The average Bonchev–Trinajstić information content (AvgIpc) is 2.04. The first-order valence-corrected chi connectivity index (χ1v) is 3.54. The fourth-order valence-electron chi connectivity index (χ4n) is 1.18. The number of phenolic OH excluding ortho intramolecular Hbond substituents is 1. The maximum atomic E-state index is 9.13. The van der Waals surface area contributed by atoms with E-state index in [4.69, 9.17) is 5.11 Å². The van der Waals surface area contributed by atoms with E-state index in [-0.39, 0.29) is 51.4 Å². The summed E-state index contributed by atoms with van der Waals surface area (Å²) in [6, 6.07) is 13.3. The van der Waals surface area contributed by atoms with E-state index >= 15 is 0 Å². The summed E-state index contributed by atoms with van der Waals surface area (Å²) >= 11 is 0. The normalized spacial score (nSPS) is 9.33. The average molecular weight is 183 g/mol. The van der Waals surface area contributed by atoms with E-state index < -0.39 is 0 Å². The van der Waals surface area contributed by atoms with Crippen molar-refractivity contribution in [2.75, 3.05) is 0 Å². The molecule has 0 aliphatic heterocycles. The zero-order valence-electron chi connectivity index (χ0n) is 6.99. The van der Waals surface area contributed by atoms with Gasteiger partial charge in [-0.1, -0.05) is 30.3 Å². The molecule has 0 amide bonds. The number of fused-ring (bicyclic) bond motifs is 1. The Morgan fingerprint density at radius 3 is 2.25 bits per heavy atom. The van der Waals surface area contributed by atoms with Crippen LogP contribution < -0.4 is 51.4 Å². The van der Waals surface area contributed by atoms with Gasteiger partial charge in [0.05, 0.1) is 0 Å². The summed E-state index contributed by atoms with van der Waals surface area (Å²) in [5.74, 6) is 0.323. The third-order valence-corrected chi connectivity index (χ3v) is 1.73. The number of rotatable bonds is 0. The predicted molar refractivity (Wildman–Crippen MR) is 45.6 cm³/mol. The Labute approximate surface area is 114 Å². The van der Waals surface area contributed by atoms with Crippen LogP contribution in [0.5, 0.6) is 5.75 Å². The molecule has 1 N–H and O–H groups in total. The molecule has 2 aromatic rings. The summed E-state index contributed by atoms with van der Waals surface area (Å²) in [6.07, 6.45) is 0. The van der Waals surface area contributed by atoms with Crippen LogP contribution >= 0.6 is 0 Å². The predicted octanol–water partition coefficient (Wildman–Crippen LogP) is -0.451. The van der Waals surface area contributed by atoms with Crippen LogP contribution in [0.25, 0.3) is 10.8 Å². The quantitative estimate of drug-likeness (QED) is 0.549. The summed E-state index contributed by atoms with van der Waals surface area (Å²) < 4.78 is 0. The van der Waals surface area contributed by atoms with Gasteiger partial charge < -0.3 is 5.11 Å². The van der Waals surface area contributed by atoms with E-state index in [1.54, 1.807) is 12.1 Å². The third kappa shape index (κ3) is 2.09. The fourth-order valence-corrected chi connectivity index (χ4v) is 1.18. The molecule has 0 saturated heterocycles. The second kappa shape index (κ2) is 4.39. The second-order valence-electron chi connectivity index (χ2n) is 2.53. The Bertz CT molecular complexity index is 384. The first kappa shape index (κ1) is 10.2. The molecule has 0 fully saturated rings. The third-order valence-electron chi connectivity index (χ3n) is 1.73. The molecule has 0 atom stereocenters. The molecule has 2 rings (SSSR count). The van der Waals surface area contributed by atoms with Gasteiger partial charge in [-0.3, -0.25) is 0 Å². The molecule has 0 aliphatic carbocycles. The van der Waals surface area contributed by atoms with Gasteiger partial charge in [-0.2, -0.15) is 0 Å². The summed E-state index contributed by atoms with van der Waals surface area (Å²) in [5, 5.41) is 11.4. The van der Waals surface area contributed by atoms with Crippen LogP contribution in [-0.4, -0.2) is 5.11 Å². The van der Waals surface area contributed by atoms with Crippen molar-refractivity contribution in [2.24, 2.45) is 0 Å². The molecule has 1 nitrogen and oxygen atoms in total. The van der Waals surface area contributed by atoms with Gasteiger partial charge in [0, 0.05) is 0 Å². The Kier molecular flexibility index (Phi) is 3.74. The number of hydrogen-bond donors (Lipinski definition) is 1. The zero-order chi connectivity index (χ0) is 7.68. The molecular weight excluding hydrogens is 175 g/mol. The van der Waals surface area contributed by atoms with Crippen LogP contribution in [0.1, 0.15) is 0 Å². The summed E-state index contributed by atoms with van der Waals surface area (Å²) in [6.45, 7) is 0. The maximum Gasteiger partial charge on any atom is 1.00 e. The number of hydrogen-bond acceptors (Lipinski definition) is 1. The van der Waals surface area contributed by atoms with Gasteiger partial charge in [0.25, 0.3) is 0 Å². The summed E-state index contributed by atoms with van der Waals surface area (Å²) in [7, 11) is 0. The van der Waals surface area contributed by atoms with Gasteiger partial charge >= 0.3 is 51.4 Å². The Balaban J connectivity index is 0.000000720. The van der Waals surface area contributed by atoms with Gasteiger partial charge in [-0.05, 0) is 22.9 Å². The van der Waals surface area contributed by atoms with E-state index in [9.17, 15) is 0 Å². The van der Waals surface area contributed by atoms with E-state index in [2.05, 4.69) is 0 Å². The van der Waals surface area contributed by atoms with Crippen molar-refractivity contribution in [3.05, 3.63) is 42.5 Å². The molecule has 0 unspecified atom stereocenters. The number of phenols is 1. The van der Waals surface area contributed by atoms with Crippen molar-refractivity contribution in [2.45, 2.75) is 0 Å². The maximum absolute atomic E-state index is 9.13. The monoisotopic (exact) mass is 183 g/mol. The van der Waals surface area contributed by atoms with Crippen LogP contribution in [0.2, 0.25) is 0 Å². The van der Waals surface area contributed by atoms with Crippen LogP contribution in [0.4, 0.5) is 0 Å². The van der Waals surface area contributed by atoms with Crippen molar-refractivity contribution < 1.29 is 56.5 Å². The standard InChI is InChI=1S/C10H8O.K/c11-10-6-5-8-3-1-2-4-9(8)7-10;/h1-7,11H;/q;+1. The molecule has 0 bridgehead atoms. The molecule has 2 heteroatoms. The van der Waals surface area contributed by atoms with Gasteiger partial charge in [0.2, 0.25) is 0 Å². The Hall–Kier alpha value is 0.136. The minimum atomic E-state index is 0. The molecule has 2 aromatic carbocycles. The van der Waals surface area contributed by atoms with Crippen LogP contribution in [-0.2, 0) is 0 Å². The Morgan fingerprint density at radius 1 is 0.833 bits per heavy atom. The van der Waals surface area contributed by atoms with Crippen molar-refractivity contribution in [1.82, 2.24) is 0 Å². The van der Waals surface area contributed by atoms with E-state index in [1.807, 2.05) is 30.3 Å². The van der Waals surface area contributed by atoms with Crippen LogP contribution in [0.3, 0.4) is 0 Å². The largest absolute Gasteiger partial charge is 1.00 e. The number of aromatic hydroxyl groups is 1. The van der Waals surface area contributed by atoms with Crippen molar-refractivity contribution >= 4 is 10.8 Å². The van der Waals surface area contributed by atoms with E-state index in [0.29, 0.717) is 5.75 Å². The van der Waals surface area contributed by atoms with Gasteiger partial charge in [0.15, 0.2) is 0 Å². The van der Waals surface area contributed by atoms with Crippen molar-refractivity contribution in [1.29, 1.82) is 0 Å². The molecule has 0 aliphatic rings. The van der Waals surface area contributed by atoms with Gasteiger partial charge in [-0.25, -0.2) is 0 Å². The van der Waals surface area contributed by atoms with E-state index in [0.717, 1.165) is 10.8 Å². The Morgan fingerprint density at radius 2 is 1.50 bits per heavy atom. The molecule has 0 aromatic heterocycles. The van der Waals surface area contributed by atoms with E-state index in [1.165, 1.54) is 0 Å².